The molecule has 0 aliphatic heterocycles. The highest BCUT2D eigenvalue weighted by atomic mass is 79.9. The number of nitrogens with zero attached hydrogens (tertiary/aromatic N) is 1. The third-order valence-electron chi connectivity index (χ3n) is 2.27. The van der Waals surface area contributed by atoms with E-state index in [-0.39, 0.29) is 0 Å². The fourth-order valence-corrected chi connectivity index (χ4v) is 2.81. The van der Waals surface area contributed by atoms with Crippen LogP contribution >= 0.6 is 27.7 Å². The number of aromatic nitrogens is 1. The Morgan fingerprint density at radius 1 is 1.29 bits per heavy atom. The Morgan fingerprint density at radius 2 is 2.12 bits per heavy atom. The average Bonchev–Trinajstić information content (AvgIpc) is 2.32. The molecule has 0 bridgehead atoms. The molecule has 1 aromatic carbocycles. The van der Waals surface area contributed by atoms with Crippen molar-refractivity contribution in [3.8, 4) is 0 Å². The SMILES string of the molecule is CC(O)c1cc(Br)ccc1Sc1ccccn1. The summed E-state index contributed by atoms with van der Waals surface area (Å²) in [4.78, 5) is 5.30. The van der Waals surface area contributed by atoms with Crippen molar-refractivity contribution in [1.82, 2.24) is 4.98 Å². The Bertz CT molecular complexity index is 502. The van der Waals surface area contributed by atoms with Crippen LogP contribution in [-0.4, -0.2) is 10.1 Å². The highest BCUT2D eigenvalue weighted by Crippen LogP contribution is 2.33. The normalized spacial score (nSPS) is 12.4. The standard InChI is InChI=1S/C13H12BrNOS/c1-9(16)11-8-10(14)5-6-12(11)17-13-4-2-3-7-15-13/h2-9,16H,1H3. The topological polar surface area (TPSA) is 33.1 Å². The van der Waals surface area contributed by atoms with Gasteiger partial charge in [0, 0.05) is 15.6 Å². The van der Waals surface area contributed by atoms with Crippen LogP contribution in [0.2, 0.25) is 0 Å². The molecule has 2 nitrogen and oxygen atoms in total. The molecule has 1 atom stereocenters. The van der Waals surface area contributed by atoms with Crippen LogP contribution in [0.25, 0.3) is 0 Å². The van der Waals surface area contributed by atoms with Crippen LogP contribution in [0.5, 0.6) is 0 Å². The zero-order valence-corrected chi connectivity index (χ0v) is 11.7. The Hall–Kier alpha value is -0.840. The second kappa shape index (κ2) is 5.67. The highest BCUT2D eigenvalue weighted by molar-refractivity contribution is 9.10. The molecule has 4 heteroatoms. The number of hydrogen-bond donors (Lipinski definition) is 1. The van der Waals surface area contributed by atoms with Gasteiger partial charge < -0.3 is 5.11 Å². The van der Waals surface area contributed by atoms with Crippen LogP contribution in [-0.2, 0) is 0 Å². The van der Waals surface area contributed by atoms with Gasteiger partial charge in [-0.2, -0.15) is 0 Å². The number of hydrogen-bond acceptors (Lipinski definition) is 3. The molecule has 2 aromatic rings. The second-order valence-corrected chi connectivity index (χ2v) is 5.61. The van der Waals surface area contributed by atoms with Crippen molar-refractivity contribution < 1.29 is 5.11 Å². The van der Waals surface area contributed by atoms with E-state index in [0.717, 1.165) is 20.0 Å². The summed E-state index contributed by atoms with van der Waals surface area (Å²) < 4.78 is 0.971. The summed E-state index contributed by atoms with van der Waals surface area (Å²) in [5.41, 5.74) is 0.912. The van der Waals surface area contributed by atoms with Gasteiger partial charge in [-0.25, -0.2) is 4.98 Å². The number of aliphatic hydroxyl groups is 1. The molecule has 0 saturated carbocycles. The van der Waals surface area contributed by atoms with Crippen molar-refractivity contribution in [2.24, 2.45) is 0 Å². The van der Waals surface area contributed by atoms with Crippen LogP contribution in [0.4, 0.5) is 0 Å². The van der Waals surface area contributed by atoms with Crippen LogP contribution in [0.1, 0.15) is 18.6 Å². The summed E-state index contributed by atoms with van der Waals surface area (Å²) >= 11 is 4.97. The lowest BCUT2D eigenvalue weighted by Gasteiger charge is -2.11. The summed E-state index contributed by atoms with van der Waals surface area (Å²) in [6.45, 7) is 1.77. The van der Waals surface area contributed by atoms with Gasteiger partial charge in [0.1, 0.15) is 5.03 Å². The van der Waals surface area contributed by atoms with Gasteiger partial charge in [-0.1, -0.05) is 33.8 Å². The second-order valence-electron chi connectivity index (χ2n) is 3.63. The first kappa shape index (κ1) is 12.6. The number of rotatable bonds is 3. The summed E-state index contributed by atoms with van der Waals surface area (Å²) in [7, 11) is 0. The molecule has 2 rings (SSSR count). The van der Waals surface area contributed by atoms with E-state index in [0.29, 0.717) is 0 Å². The lowest BCUT2D eigenvalue weighted by Crippen LogP contribution is -1.94. The van der Waals surface area contributed by atoms with E-state index in [1.54, 1.807) is 24.9 Å². The Balaban J connectivity index is 2.33. The number of halogens is 1. The van der Waals surface area contributed by atoms with Crippen molar-refractivity contribution in [2.45, 2.75) is 22.9 Å². The molecule has 0 amide bonds. The zero-order chi connectivity index (χ0) is 12.3. The molecule has 0 aliphatic rings. The maximum atomic E-state index is 9.75. The Kier molecular flexibility index (Phi) is 4.20. The molecule has 17 heavy (non-hydrogen) atoms. The van der Waals surface area contributed by atoms with E-state index in [2.05, 4.69) is 20.9 Å². The van der Waals surface area contributed by atoms with E-state index in [4.69, 9.17) is 0 Å². The lowest BCUT2D eigenvalue weighted by atomic mass is 10.1. The van der Waals surface area contributed by atoms with Crippen LogP contribution in [0.3, 0.4) is 0 Å². The number of aliphatic hydroxyl groups excluding tert-OH is 1. The molecule has 0 saturated heterocycles. The molecule has 1 unspecified atom stereocenters. The molecule has 88 valence electrons. The molecule has 1 N–H and O–H groups in total. The molecule has 0 radical (unpaired) electrons. The van der Waals surface area contributed by atoms with Crippen molar-refractivity contribution in [3.05, 3.63) is 52.6 Å². The van der Waals surface area contributed by atoms with Gasteiger partial charge in [-0.05, 0) is 42.8 Å². The average molecular weight is 310 g/mol. The quantitative estimate of drug-likeness (QED) is 0.928. The molecular formula is C13H12BrNOS. The summed E-state index contributed by atoms with van der Waals surface area (Å²) in [6.07, 6.45) is 1.28. The Labute approximate surface area is 113 Å². The number of benzene rings is 1. The van der Waals surface area contributed by atoms with Gasteiger partial charge in [0.25, 0.3) is 0 Å². The first-order chi connectivity index (χ1) is 8.16. The van der Waals surface area contributed by atoms with Gasteiger partial charge >= 0.3 is 0 Å². The first-order valence-corrected chi connectivity index (χ1v) is 6.84. The van der Waals surface area contributed by atoms with Gasteiger partial charge in [-0.15, -0.1) is 0 Å². The van der Waals surface area contributed by atoms with Gasteiger partial charge in [0.15, 0.2) is 0 Å². The van der Waals surface area contributed by atoms with Crippen molar-refractivity contribution in [2.75, 3.05) is 0 Å². The fourth-order valence-electron chi connectivity index (χ4n) is 1.46. The van der Waals surface area contributed by atoms with E-state index in [9.17, 15) is 5.11 Å². The zero-order valence-electron chi connectivity index (χ0n) is 9.30. The van der Waals surface area contributed by atoms with E-state index >= 15 is 0 Å². The fraction of sp³-hybridized carbons (Fsp3) is 0.154. The lowest BCUT2D eigenvalue weighted by molar-refractivity contribution is 0.196. The summed E-state index contributed by atoms with van der Waals surface area (Å²) in [5.74, 6) is 0. The van der Waals surface area contributed by atoms with Crippen LogP contribution in [0.15, 0.2) is 57.0 Å². The largest absolute Gasteiger partial charge is 0.389 e. The Morgan fingerprint density at radius 3 is 2.76 bits per heavy atom. The molecule has 1 heterocycles. The molecular weight excluding hydrogens is 298 g/mol. The van der Waals surface area contributed by atoms with E-state index < -0.39 is 6.10 Å². The minimum Gasteiger partial charge on any atom is -0.389 e. The number of pyridine rings is 1. The minimum atomic E-state index is -0.487. The minimum absolute atomic E-state index is 0.487. The summed E-state index contributed by atoms with van der Waals surface area (Å²) in [5, 5.41) is 10.7. The van der Waals surface area contributed by atoms with Gasteiger partial charge in [0.05, 0.1) is 6.10 Å². The third kappa shape index (κ3) is 3.31. The predicted octanol–water partition coefficient (Wildman–Crippen LogP) is 4.05. The van der Waals surface area contributed by atoms with Crippen LogP contribution < -0.4 is 0 Å². The van der Waals surface area contributed by atoms with Gasteiger partial charge in [-0.3, -0.25) is 0 Å². The van der Waals surface area contributed by atoms with E-state index in [1.165, 1.54) is 0 Å². The smallest absolute Gasteiger partial charge is 0.101 e. The van der Waals surface area contributed by atoms with Crippen molar-refractivity contribution in [3.63, 3.8) is 0 Å². The maximum Gasteiger partial charge on any atom is 0.101 e. The maximum absolute atomic E-state index is 9.75. The van der Waals surface area contributed by atoms with Crippen molar-refractivity contribution in [1.29, 1.82) is 0 Å². The summed E-state index contributed by atoms with van der Waals surface area (Å²) in [6, 6.07) is 11.7. The molecule has 0 aliphatic carbocycles. The molecule has 0 fully saturated rings. The molecule has 1 aromatic heterocycles. The third-order valence-corrected chi connectivity index (χ3v) is 3.81. The van der Waals surface area contributed by atoms with Gasteiger partial charge in [0.2, 0.25) is 0 Å². The predicted molar refractivity (Wildman–Crippen MR) is 73.1 cm³/mol. The first-order valence-electron chi connectivity index (χ1n) is 5.23. The van der Waals surface area contributed by atoms with Crippen LogP contribution in [0, 0.1) is 0 Å². The van der Waals surface area contributed by atoms with E-state index in [1.807, 2.05) is 36.4 Å². The highest BCUT2D eigenvalue weighted by Gasteiger charge is 2.10. The molecule has 0 spiro atoms. The van der Waals surface area contributed by atoms with Crippen molar-refractivity contribution >= 4 is 27.7 Å². The monoisotopic (exact) mass is 309 g/mol.